The summed E-state index contributed by atoms with van der Waals surface area (Å²) in [6.45, 7) is 3.68. The summed E-state index contributed by atoms with van der Waals surface area (Å²) in [6, 6.07) is 0. The van der Waals surface area contributed by atoms with Crippen molar-refractivity contribution in [3.05, 3.63) is 72.9 Å². The Morgan fingerprint density at radius 3 is 1.25 bits per heavy atom. The molecular weight excluding hydrogens is 810 g/mol. The van der Waals surface area contributed by atoms with E-state index in [1.54, 1.807) is 0 Å². The SMILES string of the molecule is CCCCC/C=C\C/C=C\C/C=C\CCCCCCCCC(=O)OCC(COP(=O)(O)OCCN)OC(=O)CCCCCCCCCC/C=C\C/C=C\C/C=C\CCCCCCC. The number of hydrogen-bond acceptors (Lipinski definition) is 8. The van der Waals surface area contributed by atoms with Crippen LogP contribution in [0, 0.1) is 0 Å². The number of hydrogen-bond donors (Lipinski definition) is 2. The molecule has 2 atom stereocenters. The lowest BCUT2D eigenvalue weighted by molar-refractivity contribution is -0.161. The van der Waals surface area contributed by atoms with Crippen LogP contribution < -0.4 is 5.73 Å². The number of carbonyl (C=O) groups excluding carboxylic acids is 2. The van der Waals surface area contributed by atoms with Crippen molar-refractivity contribution in [3.63, 3.8) is 0 Å². The van der Waals surface area contributed by atoms with E-state index >= 15 is 0 Å². The molecule has 0 fully saturated rings. The van der Waals surface area contributed by atoms with E-state index in [-0.39, 0.29) is 32.6 Å². The summed E-state index contributed by atoms with van der Waals surface area (Å²) >= 11 is 0. The molecule has 3 N–H and O–H groups in total. The molecule has 63 heavy (non-hydrogen) atoms. The molecule has 364 valence electrons. The third-order valence-electron chi connectivity index (χ3n) is 10.6. The third kappa shape index (κ3) is 48.7. The summed E-state index contributed by atoms with van der Waals surface area (Å²) in [4.78, 5) is 35.1. The molecule has 0 rings (SSSR count). The Bertz CT molecular complexity index is 1260. The number of phosphoric ester groups is 1. The van der Waals surface area contributed by atoms with Gasteiger partial charge in [0.1, 0.15) is 6.61 Å². The lowest BCUT2D eigenvalue weighted by atomic mass is 10.1. The number of phosphoric acid groups is 1. The molecule has 0 bridgehead atoms. The van der Waals surface area contributed by atoms with E-state index in [0.29, 0.717) is 12.8 Å². The Balaban J connectivity index is 4.12. The van der Waals surface area contributed by atoms with E-state index in [2.05, 4.69) is 86.8 Å². The minimum absolute atomic E-state index is 0.0467. The second-order valence-electron chi connectivity index (χ2n) is 16.7. The van der Waals surface area contributed by atoms with Gasteiger partial charge < -0.3 is 20.1 Å². The number of nitrogens with two attached hydrogens (primary N) is 1. The Kier molecular flexibility index (Phi) is 46.9. The molecule has 0 aliphatic heterocycles. The Labute approximate surface area is 386 Å². The molecule has 0 radical (unpaired) electrons. The van der Waals surface area contributed by atoms with E-state index < -0.39 is 32.5 Å². The van der Waals surface area contributed by atoms with Crippen LogP contribution in [-0.2, 0) is 32.7 Å². The van der Waals surface area contributed by atoms with Crippen LogP contribution in [0.3, 0.4) is 0 Å². The number of rotatable bonds is 47. The second kappa shape index (κ2) is 48.9. The van der Waals surface area contributed by atoms with Gasteiger partial charge >= 0.3 is 19.8 Å². The lowest BCUT2D eigenvalue weighted by Crippen LogP contribution is -2.29. The molecule has 0 spiro atoms. The van der Waals surface area contributed by atoms with Gasteiger partial charge in [-0.15, -0.1) is 0 Å². The van der Waals surface area contributed by atoms with Crippen LogP contribution >= 0.6 is 7.82 Å². The maximum Gasteiger partial charge on any atom is 0.472 e. The van der Waals surface area contributed by atoms with Gasteiger partial charge in [0.05, 0.1) is 13.2 Å². The fraction of sp³-hybridized carbons (Fsp3) is 0.736. The number of esters is 2. The Morgan fingerprint density at radius 2 is 0.825 bits per heavy atom. The van der Waals surface area contributed by atoms with Gasteiger partial charge in [-0.3, -0.25) is 18.6 Å². The Morgan fingerprint density at radius 1 is 0.476 bits per heavy atom. The van der Waals surface area contributed by atoms with E-state index in [0.717, 1.165) is 77.0 Å². The van der Waals surface area contributed by atoms with E-state index in [1.165, 1.54) is 103 Å². The summed E-state index contributed by atoms with van der Waals surface area (Å²) in [5.41, 5.74) is 5.36. The van der Waals surface area contributed by atoms with Crippen molar-refractivity contribution < 1.29 is 37.6 Å². The summed E-state index contributed by atoms with van der Waals surface area (Å²) < 4.78 is 32.9. The van der Waals surface area contributed by atoms with Crippen LogP contribution in [0.2, 0.25) is 0 Å². The van der Waals surface area contributed by atoms with Crippen LogP contribution in [-0.4, -0.2) is 49.3 Å². The van der Waals surface area contributed by atoms with Crippen molar-refractivity contribution >= 4 is 19.8 Å². The largest absolute Gasteiger partial charge is 0.472 e. The smallest absolute Gasteiger partial charge is 0.462 e. The highest BCUT2D eigenvalue weighted by molar-refractivity contribution is 7.47. The van der Waals surface area contributed by atoms with Crippen LogP contribution in [0.1, 0.15) is 219 Å². The minimum Gasteiger partial charge on any atom is -0.462 e. The third-order valence-corrected chi connectivity index (χ3v) is 11.5. The average Bonchev–Trinajstić information content (AvgIpc) is 3.27. The predicted octanol–water partition coefficient (Wildman–Crippen LogP) is 15.4. The summed E-state index contributed by atoms with van der Waals surface area (Å²) in [7, 11) is -4.39. The molecule has 0 aromatic heterocycles. The molecule has 9 nitrogen and oxygen atoms in total. The number of ether oxygens (including phenoxy) is 2. The van der Waals surface area contributed by atoms with Gasteiger partial charge in [0, 0.05) is 19.4 Å². The highest BCUT2D eigenvalue weighted by atomic mass is 31.2. The maximum atomic E-state index is 12.7. The second-order valence-corrected chi connectivity index (χ2v) is 18.1. The van der Waals surface area contributed by atoms with Crippen molar-refractivity contribution in [1.82, 2.24) is 0 Å². The van der Waals surface area contributed by atoms with Gasteiger partial charge in [0.25, 0.3) is 0 Å². The van der Waals surface area contributed by atoms with Gasteiger partial charge in [-0.05, 0) is 89.9 Å². The predicted molar refractivity (Wildman–Crippen MR) is 266 cm³/mol. The molecule has 10 heteroatoms. The van der Waals surface area contributed by atoms with Gasteiger partial charge in [-0.25, -0.2) is 4.57 Å². The summed E-state index contributed by atoms with van der Waals surface area (Å²) in [5.74, 6) is -0.852. The highest BCUT2D eigenvalue weighted by Gasteiger charge is 2.26. The molecule has 0 saturated carbocycles. The quantitative estimate of drug-likeness (QED) is 0.0265. The highest BCUT2D eigenvalue weighted by Crippen LogP contribution is 2.43. The first-order valence-electron chi connectivity index (χ1n) is 25.4. The molecule has 0 aromatic carbocycles. The number of unbranched alkanes of at least 4 members (excludes halogenated alkanes) is 22. The topological polar surface area (TPSA) is 134 Å². The van der Waals surface area contributed by atoms with Gasteiger partial charge in [-0.1, -0.05) is 189 Å². The molecule has 0 aromatic rings. The molecular formula is C53H94NO8P. The van der Waals surface area contributed by atoms with Crippen molar-refractivity contribution in [3.8, 4) is 0 Å². The van der Waals surface area contributed by atoms with E-state index in [1.807, 2.05) is 0 Å². The molecule has 2 unspecified atom stereocenters. The molecule has 0 amide bonds. The molecule has 0 saturated heterocycles. The average molecular weight is 904 g/mol. The van der Waals surface area contributed by atoms with E-state index in [4.69, 9.17) is 24.3 Å². The standard InChI is InChI=1S/C53H94NO8P/c1-3-5-7-9-11-13-15-17-19-21-23-24-25-26-28-30-32-34-36-38-40-42-44-46-53(56)62-51(50-61-63(57,58)60-48-47-54)49-59-52(55)45-43-41-39-37-35-33-31-29-27-22-20-18-16-14-12-10-8-6-4-2/h12,14-15,17-18,20-21,23,25-27,29,51H,3-11,13,16,19,22,24,28,30-50,54H2,1-2H3,(H,57,58)/b14-12-,17-15-,20-18-,23-21-,26-25-,29-27-. The van der Waals surface area contributed by atoms with Gasteiger partial charge in [-0.2, -0.15) is 0 Å². The Hall–Kier alpha value is -2.55. The monoisotopic (exact) mass is 904 g/mol. The molecule has 0 aliphatic carbocycles. The van der Waals surface area contributed by atoms with Gasteiger partial charge in [0.2, 0.25) is 0 Å². The zero-order valence-electron chi connectivity index (χ0n) is 40.3. The summed E-state index contributed by atoms with van der Waals surface area (Å²) in [5, 5.41) is 0. The number of carbonyl (C=O) groups is 2. The zero-order chi connectivity index (χ0) is 46.0. The fourth-order valence-corrected chi connectivity index (χ4v) is 7.53. The van der Waals surface area contributed by atoms with Crippen LogP contribution in [0.5, 0.6) is 0 Å². The lowest BCUT2D eigenvalue weighted by Gasteiger charge is -2.19. The van der Waals surface area contributed by atoms with Crippen molar-refractivity contribution in [2.75, 3.05) is 26.4 Å². The number of allylic oxidation sites excluding steroid dienone is 12. The minimum atomic E-state index is -4.39. The summed E-state index contributed by atoms with van der Waals surface area (Å²) in [6.07, 6.45) is 60.7. The van der Waals surface area contributed by atoms with Crippen LogP contribution in [0.25, 0.3) is 0 Å². The van der Waals surface area contributed by atoms with Crippen LogP contribution in [0.15, 0.2) is 72.9 Å². The van der Waals surface area contributed by atoms with E-state index in [9.17, 15) is 19.0 Å². The van der Waals surface area contributed by atoms with Gasteiger partial charge in [0.15, 0.2) is 6.10 Å². The molecule has 0 aliphatic rings. The first kappa shape index (κ1) is 60.5. The first-order valence-corrected chi connectivity index (χ1v) is 26.9. The van der Waals surface area contributed by atoms with Crippen LogP contribution in [0.4, 0.5) is 0 Å². The first-order chi connectivity index (χ1) is 30.8. The maximum absolute atomic E-state index is 12.7. The fourth-order valence-electron chi connectivity index (χ4n) is 6.77. The van der Waals surface area contributed by atoms with Crippen molar-refractivity contribution in [2.24, 2.45) is 5.73 Å². The molecule has 0 heterocycles. The van der Waals surface area contributed by atoms with Crippen molar-refractivity contribution in [1.29, 1.82) is 0 Å². The normalized spacial score (nSPS) is 13.8. The van der Waals surface area contributed by atoms with Crippen molar-refractivity contribution in [2.45, 2.75) is 225 Å². The zero-order valence-corrected chi connectivity index (χ0v) is 41.2.